The van der Waals surface area contributed by atoms with Crippen LogP contribution in [0.1, 0.15) is 36.9 Å². The molecule has 1 fully saturated rings. The lowest BCUT2D eigenvalue weighted by atomic mass is 10.0. The van der Waals surface area contributed by atoms with E-state index in [1.54, 1.807) is 11.3 Å². The number of nitrogens with zero attached hydrogens (tertiary/aromatic N) is 2. The summed E-state index contributed by atoms with van der Waals surface area (Å²) in [4.78, 5) is 7.20. The average molecular weight is 239 g/mol. The molecule has 2 rings (SSSR count). The lowest BCUT2D eigenvalue weighted by molar-refractivity contribution is 0.151. The Morgan fingerprint density at radius 1 is 1.56 bits per heavy atom. The van der Waals surface area contributed by atoms with Gasteiger partial charge in [-0.15, -0.1) is 11.3 Å². The van der Waals surface area contributed by atoms with Crippen LogP contribution in [0, 0.1) is 0 Å². The number of hydrogen-bond donors (Lipinski definition) is 1. The zero-order chi connectivity index (χ0) is 11.4. The van der Waals surface area contributed by atoms with Gasteiger partial charge in [-0.2, -0.15) is 0 Å². The molecule has 1 unspecified atom stereocenters. The first kappa shape index (κ1) is 12.0. The molecule has 1 aliphatic rings. The van der Waals surface area contributed by atoms with E-state index >= 15 is 0 Å². The minimum Gasteiger partial charge on any atom is -0.314 e. The predicted octanol–water partition coefficient (Wildman–Crippen LogP) is 2.24. The van der Waals surface area contributed by atoms with Crippen LogP contribution in [0.4, 0.5) is 0 Å². The number of rotatable bonds is 4. The molecule has 90 valence electrons. The van der Waals surface area contributed by atoms with Crippen molar-refractivity contribution in [3.63, 3.8) is 0 Å². The van der Waals surface area contributed by atoms with Crippen molar-refractivity contribution in [1.82, 2.24) is 15.2 Å². The van der Waals surface area contributed by atoms with Crippen LogP contribution in [0.3, 0.4) is 0 Å². The molecule has 2 heterocycles. The highest BCUT2D eigenvalue weighted by Crippen LogP contribution is 2.20. The minimum atomic E-state index is 0.725. The van der Waals surface area contributed by atoms with Crippen LogP contribution < -0.4 is 5.32 Å². The molecule has 1 aliphatic heterocycles. The molecule has 1 aromatic heterocycles. The van der Waals surface area contributed by atoms with Crippen molar-refractivity contribution in [3.05, 3.63) is 16.1 Å². The van der Waals surface area contributed by atoms with Gasteiger partial charge >= 0.3 is 0 Å². The third-order valence-corrected chi connectivity index (χ3v) is 4.13. The van der Waals surface area contributed by atoms with Crippen LogP contribution in [0.25, 0.3) is 0 Å². The Bertz CT molecular complexity index is 324. The normalized spacial score (nSPS) is 22.5. The molecule has 0 amide bonds. The first-order valence-electron chi connectivity index (χ1n) is 6.11. The van der Waals surface area contributed by atoms with E-state index in [4.69, 9.17) is 0 Å². The molecule has 0 aromatic carbocycles. The standard InChI is InChI=1S/C12H21N3S/c1-10-5-3-4-6-15(10)8-11-9-16-12(14-11)7-13-2/h9-10,13H,3-8H2,1-2H3. The molecule has 16 heavy (non-hydrogen) atoms. The third-order valence-electron chi connectivity index (χ3n) is 3.23. The summed E-state index contributed by atoms with van der Waals surface area (Å²) in [5, 5.41) is 6.54. The van der Waals surface area contributed by atoms with E-state index in [2.05, 4.69) is 27.5 Å². The van der Waals surface area contributed by atoms with Gasteiger partial charge in [0.2, 0.25) is 0 Å². The summed E-state index contributed by atoms with van der Waals surface area (Å²) in [5.74, 6) is 0. The van der Waals surface area contributed by atoms with Crippen LogP contribution in [-0.2, 0) is 13.1 Å². The van der Waals surface area contributed by atoms with Gasteiger partial charge in [-0.25, -0.2) is 4.98 Å². The maximum atomic E-state index is 4.64. The van der Waals surface area contributed by atoms with Crippen LogP contribution in [0.2, 0.25) is 0 Å². The molecule has 3 nitrogen and oxygen atoms in total. The van der Waals surface area contributed by atoms with Crippen LogP contribution in [0.5, 0.6) is 0 Å². The molecule has 1 N–H and O–H groups in total. The quantitative estimate of drug-likeness (QED) is 0.873. The fourth-order valence-electron chi connectivity index (χ4n) is 2.25. The van der Waals surface area contributed by atoms with E-state index in [9.17, 15) is 0 Å². The molecule has 0 bridgehead atoms. The van der Waals surface area contributed by atoms with Crippen molar-refractivity contribution >= 4 is 11.3 Å². The number of piperidine rings is 1. The Kier molecular flexibility index (Phi) is 4.32. The molecule has 1 saturated heterocycles. The lowest BCUT2D eigenvalue weighted by Crippen LogP contribution is -2.36. The first-order valence-corrected chi connectivity index (χ1v) is 6.99. The van der Waals surface area contributed by atoms with Gasteiger partial charge in [0, 0.05) is 24.5 Å². The number of aromatic nitrogens is 1. The monoisotopic (exact) mass is 239 g/mol. The Hall–Kier alpha value is -0.450. The van der Waals surface area contributed by atoms with Crippen molar-refractivity contribution in [1.29, 1.82) is 0 Å². The van der Waals surface area contributed by atoms with Crippen molar-refractivity contribution in [2.24, 2.45) is 0 Å². The molecule has 1 atom stereocenters. The maximum Gasteiger partial charge on any atom is 0.107 e. The van der Waals surface area contributed by atoms with Crippen molar-refractivity contribution in [2.45, 2.75) is 45.3 Å². The fourth-order valence-corrected chi connectivity index (χ4v) is 3.05. The van der Waals surface area contributed by atoms with Gasteiger partial charge in [0.1, 0.15) is 5.01 Å². The molecule has 0 aliphatic carbocycles. The van der Waals surface area contributed by atoms with E-state index in [1.807, 2.05) is 7.05 Å². The molecule has 0 radical (unpaired) electrons. The summed E-state index contributed by atoms with van der Waals surface area (Å²) in [5.41, 5.74) is 1.24. The van der Waals surface area contributed by atoms with Crippen LogP contribution in [-0.4, -0.2) is 29.5 Å². The summed E-state index contributed by atoms with van der Waals surface area (Å²) >= 11 is 1.76. The second-order valence-electron chi connectivity index (χ2n) is 4.58. The summed E-state index contributed by atoms with van der Waals surface area (Å²) in [6.07, 6.45) is 4.07. The van der Waals surface area contributed by atoms with Gasteiger partial charge in [0.15, 0.2) is 0 Å². The van der Waals surface area contributed by atoms with Crippen molar-refractivity contribution in [2.75, 3.05) is 13.6 Å². The van der Waals surface area contributed by atoms with E-state index in [1.165, 1.54) is 36.5 Å². The number of hydrogen-bond acceptors (Lipinski definition) is 4. The highest BCUT2D eigenvalue weighted by molar-refractivity contribution is 7.09. The third kappa shape index (κ3) is 3.03. The zero-order valence-corrected chi connectivity index (χ0v) is 11.0. The minimum absolute atomic E-state index is 0.725. The molecule has 4 heteroatoms. The van der Waals surface area contributed by atoms with Gasteiger partial charge in [-0.3, -0.25) is 4.90 Å². The smallest absolute Gasteiger partial charge is 0.107 e. The van der Waals surface area contributed by atoms with Crippen molar-refractivity contribution in [3.8, 4) is 0 Å². The lowest BCUT2D eigenvalue weighted by Gasteiger charge is -2.32. The predicted molar refractivity (Wildman–Crippen MR) is 68.6 cm³/mol. The average Bonchev–Trinajstić information content (AvgIpc) is 2.70. The van der Waals surface area contributed by atoms with Crippen LogP contribution >= 0.6 is 11.3 Å². The molecule has 0 saturated carbocycles. The highest BCUT2D eigenvalue weighted by Gasteiger charge is 2.18. The molecule has 1 aromatic rings. The Morgan fingerprint density at radius 3 is 3.19 bits per heavy atom. The second-order valence-corrected chi connectivity index (χ2v) is 5.52. The SMILES string of the molecule is CNCc1nc(CN2CCCCC2C)cs1. The summed E-state index contributed by atoms with van der Waals surface area (Å²) in [7, 11) is 1.97. The summed E-state index contributed by atoms with van der Waals surface area (Å²) in [6, 6.07) is 0.725. The van der Waals surface area contributed by atoms with E-state index < -0.39 is 0 Å². The van der Waals surface area contributed by atoms with Crippen LogP contribution in [0.15, 0.2) is 5.38 Å². The molecule has 0 spiro atoms. The van der Waals surface area contributed by atoms with Crippen molar-refractivity contribution < 1.29 is 0 Å². The molecular formula is C12H21N3S. The van der Waals surface area contributed by atoms with E-state index in [0.29, 0.717) is 0 Å². The molecular weight excluding hydrogens is 218 g/mol. The van der Waals surface area contributed by atoms with Gasteiger partial charge in [0.25, 0.3) is 0 Å². The van der Waals surface area contributed by atoms with Gasteiger partial charge in [-0.1, -0.05) is 6.42 Å². The number of thiazole rings is 1. The van der Waals surface area contributed by atoms with Gasteiger partial charge in [0.05, 0.1) is 5.69 Å². The first-order chi connectivity index (χ1) is 7.79. The van der Waals surface area contributed by atoms with E-state index in [-0.39, 0.29) is 0 Å². The topological polar surface area (TPSA) is 28.2 Å². The summed E-state index contributed by atoms with van der Waals surface area (Å²) < 4.78 is 0. The number of likely N-dealkylation sites (tertiary alicyclic amines) is 1. The Morgan fingerprint density at radius 2 is 2.44 bits per heavy atom. The maximum absolute atomic E-state index is 4.64. The van der Waals surface area contributed by atoms with Gasteiger partial charge in [-0.05, 0) is 33.4 Å². The largest absolute Gasteiger partial charge is 0.314 e. The fraction of sp³-hybridized carbons (Fsp3) is 0.750. The second kappa shape index (κ2) is 5.75. The Labute approximate surface area is 102 Å². The Balaban J connectivity index is 1.91. The number of nitrogens with one attached hydrogen (secondary N) is 1. The van der Waals surface area contributed by atoms with E-state index in [0.717, 1.165) is 19.1 Å². The van der Waals surface area contributed by atoms with Gasteiger partial charge < -0.3 is 5.32 Å². The summed E-state index contributed by atoms with van der Waals surface area (Å²) in [6.45, 7) is 5.49. The highest BCUT2D eigenvalue weighted by atomic mass is 32.1. The zero-order valence-electron chi connectivity index (χ0n) is 10.2.